The molecule has 24 heavy (non-hydrogen) atoms. The minimum atomic E-state index is -0.728. The van der Waals surface area contributed by atoms with Crippen molar-refractivity contribution in [2.24, 2.45) is 0 Å². The summed E-state index contributed by atoms with van der Waals surface area (Å²) in [5.74, 6) is -1.74. The van der Waals surface area contributed by atoms with Gasteiger partial charge in [0.1, 0.15) is 12.3 Å². The van der Waals surface area contributed by atoms with Gasteiger partial charge >= 0.3 is 11.9 Å². The highest BCUT2D eigenvalue weighted by atomic mass is 16.5. The molecule has 0 saturated carbocycles. The van der Waals surface area contributed by atoms with Crippen molar-refractivity contribution < 1.29 is 28.6 Å². The highest BCUT2D eigenvalue weighted by molar-refractivity contribution is 5.99. The average molecular weight is 336 g/mol. The zero-order chi connectivity index (χ0) is 18.1. The molecule has 0 atom stereocenters. The number of amides is 1. The monoisotopic (exact) mass is 336 g/mol. The van der Waals surface area contributed by atoms with Gasteiger partial charge in [-0.15, -0.1) is 0 Å². The van der Waals surface area contributed by atoms with E-state index in [9.17, 15) is 14.4 Å². The van der Waals surface area contributed by atoms with E-state index in [-0.39, 0.29) is 18.2 Å². The lowest BCUT2D eigenvalue weighted by Crippen LogP contribution is -2.19. The number of carbonyl (C=O) groups is 3. The van der Waals surface area contributed by atoms with E-state index < -0.39 is 11.9 Å². The molecular weight excluding hydrogens is 316 g/mol. The summed E-state index contributed by atoms with van der Waals surface area (Å²) in [5, 5.41) is 5.50. The quantitative estimate of drug-likeness (QED) is 0.570. The van der Waals surface area contributed by atoms with Gasteiger partial charge in [-0.05, 0) is 24.6 Å². The molecule has 0 radical (unpaired) electrons. The van der Waals surface area contributed by atoms with E-state index in [1.54, 1.807) is 25.1 Å². The third kappa shape index (κ3) is 5.40. The smallest absolute Gasteiger partial charge is 0.354 e. The number of ether oxygens (including phenoxy) is 3. The molecule has 1 amide bonds. The Morgan fingerprint density at radius 1 is 1.04 bits per heavy atom. The molecule has 0 spiro atoms. The number of nitrogens with one attached hydrogen (secondary N) is 2. The van der Waals surface area contributed by atoms with Crippen LogP contribution in [-0.2, 0) is 28.6 Å². The number of hydrogen-bond acceptors (Lipinski definition) is 7. The molecule has 8 nitrogen and oxygen atoms in total. The fourth-order valence-electron chi connectivity index (χ4n) is 1.80. The van der Waals surface area contributed by atoms with Crippen molar-refractivity contribution in [2.75, 3.05) is 38.6 Å². The number of carbonyl (C=O) groups excluding carboxylic acids is 3. The molecule has 0 bridgehead atoms. The highest BCUT2D eigenvalue weighted by Gasteiger charge is 2.15. The molecule has 0 aromatic heterocycles. The Kier molecular flexibility index (Phi) is 7.44. The lowest BCUT2D eigenvalue weighted by Gasteiger charge is -2.15. The van der Waals surface area contributed by atoms with Crippen molar-refractivity contribution in [3.05, 3.63) is 35.5 Å². The zero-order valence-corrected chi connectivity index (χ0v) is 14.0. The minimum Gasteiger partial charge on any atom is -0.466 e. The Morgan fingerprint density at radius 3 is 2.21 bits per heavy atom. The molecule has 0 fully saturated rings. The van der Waals surface area contributed by atoms with Gasteiger partial charge in [0.05, 0.1) is 20.3 Å². The van der Waals surface area contributed by atoms with Gasteiger partial charge in [-0.1, -0.05) is 6.07 Å². The van der Waals surface area contributed by atoms with E-state index in [4.69, 9.17) is 4.74 Å². The van der Waals surface area contributed by atoms with E-state index in [1.165, 1.54) is 21.3 Å². The molecule has 0 saturated heterocycles. The summed E-state index contributed by atoms with van der Waals surface area (Å²) in [4.78, 5) is 34.8. The number of rotatable bonds is 7. The summed E-state index contributed by atoms with van der Waals surface area (Å²) in [7, 11) is 3.82. The summed E-state index contributed by atoms with van der Waals surface area (Å²) in [6.07, 6.45) is 0.988. The van der Waals surface area contributed by atoms with Gasteiger partial charge in [-0.3, -0.25) is 4.79 Å². The van der Waals surface area contributed by atoms with Crippen LogP contribution in [-0.4, -0.2) is 45.8 Å². The van der Waals surface area contributed by atoms with E-state index in [0.717, 1.165) is 6.08 Å². The number of esters is 2. The van der Waals surface area contributed by atoms with Crippen LogP contribution in [0.25, 0.3) is 0 Å². The first-order valence-electron chi connectivity index (χ1n) is 6.96. The van der Waals surface area contributed by atoms with Crippen LogP contribution in [0.5, 0.6) is 0 Å². The molecular formula is C16H20N2O6. The number of anilines is 2. The summed E-state index contributed by atoms with van der Waals surface area (Å²) >= 11 is 0. The lowest BCUT2D eigenvalue weighted by atomic mass is 10.1. The standard InChI is InChI=1S/C16H20N2O6/c1-10-11(6-5-7-12(10)18-14(19)9-22-2)17-13(16(21)24-4)8-15(20)23-3/h5-8,17H,9H2,1-4H3,(H,18,19)/b13-8+. The number of methoxy groups -OCH3 is 3. The predicted molar refractivity (Wildman–Crippen MR) is 87.4 cm³/mol. The molecule has 0 heterocycles. The normalized spacial score (nSPS) is 10.8. The maximum atomic E-state index is 11.8. The second kappa shape index (κ2) is 9.31. The Hall–Kier alpha value is -2.87. The molecule has 1 aromatic rings. The van der Waals surface area contributed by atoms with Crippen LogP contribution in [0.3, 0.4) is 0 Å². The molecule has 8 heteroatoms. The minimum absolute atomic E-state index is 0.0766. The third-order valence-electron chi connectivity index (χ3n) is 3.02. The summed E-state index contributed by atoms with van der Waals surface area (Å²) in [6.45, 7) is 1.67. The van der Waals surface area contributed by atoms with E-state index in [0.29, 0.717) is 16.9 Å². The van der Waals surface area contributed by atoms with Crippen LogP contribution in [0.1, 0.15) is 5.56 Å². The Morgan fingerprint density at radius 2 is 1.67 bits per heavy atom. The third-order valence-corrected chi connectivity index (χ3v) is 3.02. The largest absolute Gasteiger partial charge is 0.466 e. The zero-order valence-electron chi connectivity index (χ0n) is 14.0. The van der Waals surface area contributed by atoms with Crippen molar-refractivity contribution >= 4 is 29.2 Å². The topological polar surface area (TPSA) is 103 Å². The summed E-state index contributed by atoms with van der Waals surface area (Å²) < 4.78 is 13.9. The van der Waals surface area contributed by atoms with Gasteiger partial charge in [0.25, 0.3) is 0 Å². The Labute approximate surface area is 139 Å². The molecule has 0 aliphatic carbocycles. The first kappa shape index (κ1) is 19.2. The second-order valence-electron chi connectivity index (χ2n) is 4.66. The van der Waals surface area contributed by atoms with Crippen molar-refractivity contribution in [3.8, 4) is 0 Å². The fourth-order valence-corrected chi connectivity index (χ4v) is 1.80. The van der Waals surface area contributed by atoms with Crippen molar-refractivity contribution in [2.45, 2.75) is 6.92 Å². The molecule has 130 valence electrons. The van der Waals surface area contributed by atoms with E-state index >= 15 is 0 Å². The van der Waals surface area contributed by atoms with Crippen LogP contribution in [0.4, 0.5) is 11.4 Å². The summed E-state index contributed by atoms with van der Waals surface area (Å²) in [6, 6.07) is 5.08. The Balaban J connectivity index is 3.08. The highest BCUT2D eigenvalue weighted by Crippen LogP contribution is 2.24. The lowest BCUT2D eigenvalue weighted by molar-refractivity contribution is -0.138. The Bertz CT molecular complexity index is 654. The maximum absolute atomic E-state index is 11.8. The fraction of sp³-hybridized carbons (Fsp3) is 0.312. The van der Waals surface area contributed by atoms with Crippen LogP contribution >= 0.6 is 0 Å². The maximum Gasteiger partial charge on any atom is 0.354 e. The van der Waals surface area contributed by atoms with Gasteiger partial charge in [-0.2, -0.15) is 0 Å². The van der Waals surface area contributed by atoms with Gasteiger partial charge in [0.15, 0.2) is 0 Å². The van der Waals surface area contributed by atoms with Crippen LogP contribution in [0.15, 0.2) is 30.0 Å². The molecule has 0 aliphatic rings. The van der Waals surface area contributed by atoms with Gasteiger partial charge in [0.2, 0.25) is 5.91 Å². The van der Waals surface area contributed by atoms with Crippen molar-refractivity contribution in [1.82, 2.24) is 0 Å². The first-order valence-corrected chi connectivity index (χ1v) is 6.96. The summed E-state index contributed by atoms with van der Waals surface area (Å²) in [5.41, 5.74) is 1.64. The SMILES string of the molecule is COCC(=O)Nc1cccc(N/C(=C/C(=O)OC)C(=O)OC)c1C. The van der Waals surface area contributed by atoms with Crippen LogP contribution < -0.4 is 10.6 Å². The number of hydrogen-bond donors (Lipinski definition) is 2. The molecule has 0 unspecified atom stereocenters. The molecule has 2 N–H and O–H groups in total. The van der Waals surface area contributed by atoms with Crippen LogP contribution in [0.2, 0.25) is 0 Å². The molecule has 1 rings (SSSR count). The second-order valence-corrected chi connectivity index (χ2v) is 4.66. The van der Waals surface area contributed by atoms with Crippen molar-refractivity contribution in [3.63, 3.8) is 0 Å². The van der Waals surface area contributed by atoms with Crippen molar-refractivity contribution in [1.29, 1.82) is 0 Å². The first-order chi connectivity index (χ1) is 11.4. The van der Waals surface area contributed by atoms with Crippen LogP contribution in [0, 0.1) is 6.92 Å². The van der Waals surface area contributed by atoms with Gasteiger partial charge < -0.3 is 24.8 Å². The van der Waals surface area contributed by atoms with E-state index in [2.05, 4.69) is 20.1 Å². The predicted octanol–water partition coefficient (Wildman–Crippen LogP) is 1.22. The molecule has 1 aromatic carbocycles. The number of benzene rings is 1. The molecule has 0 aliphatic heterocycles. The van der Waals surface area contributed by atoms with Gasteiger partial charge in [0, 0.05) is 18.5 Å². The van der Waals surface area contributed by atoms with Gasteiger partial charge in [-0.25, -0.2) is 9.59 Å². The van der Waals surface area contributed by atoms with E-state index in [1.807, 2.05) is 0 Å². The average Bonchev–Trinajstić information content (AvgIpc) is 2.56.